The Morgan fingerprint density at radius 3 is 2.37 bits per heavy atom. The number of non-ortho nitro benzene ring substituents is 1. The molecule has 0 saturated carbocycles. The van der Waals surface area contributed by atoms with E-state index < -0.39 is 10.9 Å². The Bertz CT molecular complexity index is 933. The number of nitrogens with zero attached hydrogens (tertiary/aromatic N) is 3. The molecule has 0 amide bonds. The third-order valence-electron chi connectivity index (χ3n) is 3.63. The molecular formula is C19H17N3O5. The van der Waals surface area contributed by atoms with Crippen LogP contribution >= 0.6 is 0 Å². The van der Waals surface area contributed by atoms with E-state index in [1.54, 1.807) is 42.6 Å². The molecule has 0 bridgehead atoms. The summed E-state index contributed by atoms with van der Waals surface area (Å²) in [6, 6.07) is 14.1. The highest BCUT2D eigenvalue weighted by Crippen LogP contribution is 2.19. The Kier molecular flexibility index (Phi) is 5.46. The number of hydrogen-bond donors (Lipinski definition) is 0. The first-order valence-electron chi connectivity index (χ1n) is 8.32. The van der Waals surface area contributed by atoms with Crippen LogP contribution in [-0.4, -0.2) is 27.3 Å². The minimum atomic E-state index is -0.599. The molecule has 0 atom stereocenters. The van der Waals surface area contributed by atoms with Gasteiger partial charge in [-0.05, 0) is 48.9 Å². The van der Waals surface area contributed by atoms with Gasteiger partial charge in [0.25, 0.3) is 5.69 Å². The second kappa shape index (κ2) is 8.13. The molecule has 0 spiro atoms. The van der Waals surface area contributed by atoms with Crippen LogP contribution in [0.15, 0.2) is 60.8 Å². The number of esters is 1. The lowest BCUT2D eigenvalue weighted by atomic mass is 10.3. The number of nitro groups is 1. The molecule has 138 valence electrons. The minimum absolute atomic E-state index is 0.0168. The van der Waals surface area contributed by atoms with Gasteiger partial charge in [-0.1, -0.05) is 6.92 Å². The molecular weight excluding hydrogens is 350 g/mol. The van der Waals surface area contributed by atoms with Crippen molar-refractivity contribution < 1.29 is 19.2 Å². The van der Waals surface area contributed by atoms with Crippen LogP contribution in [0.5, 0.6) is 11.5 Å². The van der Waals surface area contributed by atoms with Gasteiger partial charge in [-0.15, -0.1) is 0 Å². The predicted octanol–water partition coefficient (Wildman–Crippen LogP) is 3.79. The average Bonchev–Trinajstić information content (AvgIpc) is 3.18. The number of ether oxygens (including phenoxy) is 2. The molecule has 8 nitrogen and oxygen atoms in total. The van der Waals surface area contributed by atoms with Crippen molar-refractivity contribution in [1.82, 2.24) is 9.78 Å². The molecule has 0 aliphatic carbocycles. The smallest absolute Gasteiger partial charge is 0.364 e. The molecule has 2 aromatic carbocycles. The topological polar surface area (TPSA) is 96.5 Å². The summed E-state index contributed by atoms with van der Waals surface area (Å²) in [5.74, 6) is 0.491. The number of hydrogen-bond acceptors (Lipinski definition) is 6. The molecule has 0 N–H and O–H groups in total. The molecule has 0 radical (unpaired) electrons. The molecule has 8 heteroatoms. The van der Waals surface area contributed by atoms with E-state index in [2.05, 4.69) is 5.10 Å². The van der Waals surface area contributed by atoms with Crippen LogP contribution in [-0.2, 0) is 0 Å². The van der Waals surface area contributed by atoms with Gasteiger partial charge in [0.05, 0.1) is 17.2 Å². The second-order valence-electron chi connectivity index (χ2n) is 5.63. The predicted molar refractivity (Wildman–Crippen MR) is 97.4 cm³/mol. The Balaban J connectivity index is 1.66. The fourth-order valence-corrected chi connectivity index (χ4v) is 2.29. The molecule has 0 fully saturated rings. The van der Waals surface area contributed by atoms with Crippen LogP contribution < -0.4 is 9.47 Å². The first-order valence-corrected chi connectivity index (χ1v) is 8.32. The first-order chi connectivity index (χ1) is 13.1. The second-order valence-corrected chi connectivity index (χ2v) is 5.63. The number of benzene rings is 2. The van der Waals surface area contributed by atoms with E-state index in [0.717, 1.165) is 6.42 Å². The zero-order valence-electron chi connectivity index (χ0n) is 14.6. The number of nitro benzene ring substituents is 1. The SMILES string of the molecule is CCCOc1ccc(OC(=O)c2ccn(-c3ccc([N+](=O)[O-])cc3)n2)cc1. The van der Waals surface area contributed by atoms with Gasteiger partial charge in [0.1, 0.15) is 11.5 Å². The van der Waals surface area contributed by atoms with Gasteiger partial charge < -0.3 is 9.47 Å². The molecule has 0 unspecified atom stereocenters. The van der Waals surface area contributed by atoms with E-state index in [0.29, 0.717) is 23.8 Å². The maximum Gasteiger partial charge on any atom is 0.364 e. The van der Waals surface area contributed by atoms with Gasteiger partial charge >= 0.3 is 5.97 Å². The van der Waals surface area contributed by atoms with Crippen LogP contribution in [0.4, 0.5) is 5.69 Å². The number of carbonyl (C=O) groups excluding carboxylic acids is 1. The lowest BCUT2D eigenvalue weighted by Gasteiger charge is -2.06. The zero-order valence-corrected chi connectivity index (χ0v) is 14.6. The van der Waals surface area contributed by atoms with Gasteiger partial charge in [0.2, 0.25) is 0 Å². The molecule has 3 aromatic rings. The largest absolute Gasteiger partial charge is 0.494 e. The highest BCUT2D eigenvalue weighted by molar-refractivity contribution is 5.88. The van der Waals surface area contributed by atoms with Gasteiger partial charge in [-0.2, -0.15) is 5.10 Å². The van der Waals surface area contributed by atoms with Crippen LogP contribution in [0, 0.1) is 10.1 Å². The molecule has 0 aliphatic heterocycles. The van der Waals surface area contributed by atoms with E-state index >= 15 is 0 Å². The van der Waals surface area contributed by atoms with E-state index in [-0.39, 0.29) is 11.4 Å². The summed E-state index contributed by atoms with van der Waals surface area (Å²) in [5.41, 5.74) is 0.702. The monoisotopic (exact) mass is 367 g/mol. The maximum absolute atomic E-state index is 12.2. The molecule has 1 aromatic heterocycles. The minimum Gasteiger partial charge on any atom is -0.494 e. The lowest BCUT2D eigenvalue weighted by Crippen LogP contribution is -2.10. The van der Waals surface area contributed by atoms with Crippen LogP contribution in [0.1, 0.15) is 23.8 Å². The molecule has 27 heavy (non-hydrogen) atoms. The van der Waals surface area contributed by atoms with Crippen molar-refractivity contribution in [3.8, 4) is 17.2 Å². The van der Waals surface area contributed by atoms with Crippen molar-refractivity contribution in [3.63, 3.8) is 0 Å². The fraction of sp³-hybridized carbons (Fsp3) is 0.158. The van der Waals surface area contributed by atoms with Crippen molar-refractivity contribution >= 4 is 11.7 Å². The van der Waals surface area contributed by atoms with Gasteiger partial charge in [0, 0.05) is 18.3 Å². The Labute approximate surface area is 155 Å². The summed E-state index contributed by atoms with van der Waals surface area (Å²) >= 11 is 0. The molecule has 1 heterocycles. The number of rotatable bonds is 7. The Hall–Kier alpha value is -3.68. The maximum atomic E-state index is 12.2. The standard InChI is InChI=1S/C19H17N3O5/c1-2-13-26-16-7-9-17(10-8-16)27-19(23)18-11-12-21(20-18)14-3-5-15(6-4-14)22(24)25/h3-12H,2,13H2,1H3. The Morgan fingerprint density at radius 2 is 1.74 bits per heavy atom. The highest BCUT2D eigenvalue weighted by Gasteiger charge is 2.13. The third kappa shape index (κ3) is 4.49. The zero-order chi connectivity index (χ0) is 19.2. The summed E-state index contributed by atoms with van der Waals surface area (Å²) in [6.45, 7) is 2.64. The van der Waals surface area contributed by atoms with Crippen molar-refractivity contribution in [2.75, 3.05) is 6.61 Å². The highest BCUT2D eigenvalue weighted by atomic mass is 16.6. The quantitative estimate of drug-likeness (QED) is 0.273. The Morgan fingerprint density at radius 1 is 1.07 bits per heavy atom. The van der Waals surface area contributed by atoms with Crippen LogP contribution in [0.25, 0.3) is 5.69 Å². The van der Waals surface area contributed by atoms with Gasteiger partial charge in [-0.3, -0.25) is 10.1 Å². The van der Waals surface area contributed by atoms with Crippen molar-refractivity contribution in [2.45, 2.75) is 13.3 Å². The van der Waals surface area contributed by atoms with Gasteiger partial charge in [0.15, 0.2) is 5.69 Å². The molecule has 0 saturated heterocycles. The van der Waals surface area contributed by atoms with E-state index in [1.807, 2.05) is 6.92 Å². The average molecular weight is 367 g/mol. The van der Waals surface area contributed by atoms with Crippen molar-refractivity contribution in [1.29, 1.82) is 0 Å². The van der Waals surface area contributed by atoms with Crippen molar-refractivity contribution in [2.24, 2.45) is 0 Å². The fourth-order valence-electron chi connectivity index (χ4n) is 2.29. The van der Waals surface area contributed by atoms with E-state index in [1.165, 1.54) is 22.9 Å². The number of aromatic nitrogens is 2. The summed E-state index contributed by atoms with van der Waals surface area (Å²) in [7, 11) is 0. The number of carbonyl (C=O) groups is 1. The normalized spacial score (nSPS) is 10.4. The van der Waals surface area contributed by atoms with Gasteiger partial charge in [-0.25, -0.2) is 9.48 Å². The van der Waals surface area contributed by atoms with Crippen molar-refractivity contribution in [3.05, 3.63) is 76.6 Å². The summed E-state index contributed by atoms with van der Waals surface area (Å²) in [4.78, 5) is 22.5. The third-order valence-corrected chi connectivity index (χ3v) is 3.63. The first kappa shape index (κ1) is 18.1. The van der Waals surface area contributed by atoms with Crippen LogP contribution in [0.2, 0.25) is 0 Å². The summed E-state index contributed by atoms with van der Waals surface area (Å²) in [5, 5.41) is 14.9. The van der Waals surface area contributed by atoms with Crippen LogP contribution in [0.3, 0.4) is 0 Å². The molecule has 0 aliphatic rings. The summed E-state index contributed by atoms with van der Waals surface area (Å²) in [6.07, 6.45) is 2.49. The van der Waals surface area contributed by atoms with E-state index in [4.69, 9.17) is 9.47 Å². The lowest BCUT2D eigenvalue weighted by molar-refractivity contribution is -0.384. The van der Waals surface area contributed by atoms with E-state index in [9.17, 15) is 14.9 Å². The summed E-state index contributed by atoms with van der Waals surface area (Å²) < 4.78 is 12.2. The molecule has 3 rings (SSSR count).